The third-order valence-corrected chi connectivity index (χ3v) is 19.3. The number of nitrogens with zero attached hydrogens (tertiary/aromatic N) is 8. The van der Waals surface area contributed by atoms with Gasteiger partial charge in [0.1, 0.15) is 52.3 Å². The van der Waals surface area contributed by atoms with Crippen LogP contribution in [-0.4, -0.2) is 127 Å². The monoisotopic (exact) mass is 1280 g/mol. The van der Waals surface area contributed by atoms with Crippen molar-refractivity contribution in [3.63, 3.8) is 0 Å². The van der Waals surface area contributed by atoms with Gasteiger partial charge >= 0.3 is 25.5 Å². The molecule has 11 N–H and O–H groups in total. The van der Waals surface area contributed by atoms with Gasteiger partial charge in [0.05, 0.1) is 57.8 Å². The fourth-order valence-corrected chi connectivity index (χ4v) is 14.6. The number of halogens is 1. The summed E-state index contributed by atoms with van der Waals surface area (Å²) in [5, 5.41) is 6.06. The van der Waals surface area contributed by atoms with Gasteiger partial charge in [0.25, 0.3) is 0 Å². The Labute approximate surface area is 520 Å². The summed E-state index contributed by atoms with van der Waals surface area (Å²) in [6, 6.07) is 0. The summed E-state index contributed by atoms with van der Waals surface area (Å²) >= 11 is 5.87. The Balaban J connectivity index is 0.000000364. The largest absolute Gasteiger partial charge is 0.464 e. The van der Waals surface area contributed by atoms with E-state index in [4.69, 9.17) is 56.5 Å². The Hall–Kier alpha value is -4.42. The van der Waals surface area contributed by atoms with Crippen molar-refractivity contribution in [2.45, 2.75) is 228 Å². The predicted molar refractivity (Wildman–Crippen MR) is 339 cm³/mol. The number of rotatable bonds is 25. The Kier molecular flexibility index (Phi) is 27.2. The fourth-order valence-electron chi connectivity index (χ4n) is 11.5. The maximum absolute atomic E-state index is 14.8. The van der Waals surface area contributed by atoms with Crippen LogP contribution in [0.1, 0.15) is 187 Å². The van der Waals surface area contributed by atoms with Crippen LogP contribution in [0.2, 0.25) is 0 Å². The number of imidazole rings is 2. The van der Waals surface area contributed by atoms with Crippen molar-refractivity contribution < 1.29 is 57.0 Å². The Morgan fingerprint density at radius 1 is 0.632 bits per heavy atom. The van der Waals surface area contributed by atoms with Crippen LogP contribution >= 0.6 is 26.6 Å². The number of nitrogens with one attached hydrogen (secondary N) is 2. The molecule has 0 aliphatic heterocycles. The number of ether oxygens (including phenoxy) is 5. The van der Waals surface area contributed by atoms with E-state index in [-0.39, 0.29) is 30.1 Å². The first-order valence-corrected chi connectivity index (χ1v) is 34.3. The molecule has 0 saturated heterocycles. The van der Waals surface area contributed by atoms with Crippen LogP contribution < -0.4 is 27.8 Å². The molecule has 3 fully saturated rings. The van der Waals surface area contributed by atoms with Gasteiger partial charge in [0.2, 0.25) is 7.44 Å². The summed E-state index contributed by atoms with van der Waals surface area (Å²) in [6.07, 6.45) is 19.7. The minimum absolute atomic E-state index is 0. The topological polar surface area (TPSA) is 370 Å². The van der Waals surface area contributed by atoms with Gasteiger partial charge in [0.15, 0.2) is 22.9 Å². The second kappa shape index (κ2) is 31.5. The molecule has 2 unspecified atom stereocenters. The first-order chi connectivity index (χ1) is 39.8. The van der Waals surface area contributed by atoms with Crippen molar-refractivity contribution in [2.75, 3.05) is 44.0 Å². The Bertz CT molecular complexity index is 2890. The van der Waals surface area contributed by atoms with E-state index in [0.717, 1.165) is 51.4 Å². The molecule has 494 valence electrons. The van der Waals surface area contributed by atoms with Gasteiger partial charge in [-0.1, -0.05) is 67.2 Å². The molecule has 3 aliphatic rings. The molecule has 25 nitrogen and oxygen atoms in total. The van der Waals surface area contributed by atoms with Crippen LogP contribution in [0, 0.1) is 34.0 Å². The molecule has 4 aromatic rings. The molecule has 0 spiro atoms. The van der Waals surface area contributed by atoms with Crippen molar-refractivity contribution in [2.24, 2.45) is 34.0 Å². The lowest BCUT2D eigenvalue weighted by Crippen LogP contribution is -2.54. The van der Waals surface area contributed by atoms with Gasteiger partial charge in [0, 0.05) is 0 Å². The molecule has 0 aromatic carbocycles. The zero-order valence-corrected chi connectivity index (χ0v) is 56.8. The van der Waals surface area contributed by atoms with Crippen LogP contribution in [0.3, 0.4) is 0 Å². The lowest BCUT2D eigenvalue weighted by Gasteiger charge is -2.36. The standard InChI is InChI=1S/C37H64N7O6P.C13H23ClO2.C9H14N5O4P.H3N/c1-26(22-44-24-41-29-30(38)39-23-40-31(29)44)50-25-51(47,42-36(6,7)32(45)48-18-14-27-12-10-16-34(2,3)20-27)43-37(8,9)33(46)49-19-15-28-13-11-17-35(4,5)21-28;1-12(2)7-5-10(6-8-12)9-16-11(15)13(3,4)14;1-6(18-5-19(15,16)17)2-14-4-13-7-8(10)11-3-12-9(7)14;/h23-24,26-28H,10-22,25H2,1-9H3,(H2,38,39,40)(H2,42,43,47);10H,5-9H2,1-4H3;3-4,6H,2,5H2,1H3,(H2,10,11,12)(H2,15,16,17);1H3/t26-,27?,28?,51?;;6-;/m1.1./s1. The molecule has 7 rings (SSSR count). The summed E-state index contributed by atoms with van der Waals surface area (Å²) < 4.78 is 57.0. The van der Waals surface area contributed by atoms with Crippen molar-refractivity contribution in [1.29, 1.82) is 0 Å². The van der Waals surface area contributed by atoms with Crippen LogP contribution in [0.5, 0.6) is 0 Å². The predicted octanol–water partition coefficient (Wildman–Crippen LogP) is 10.9. The SMILES string of the molecule is CC1(C)CCC(COC(=O)C(C)(C)Cl)CC1.C[C@H](Cn1cnc2c(N)ncnc21)OCP(=O)(NC(C)(C)C(=O)OCCC1CCCC(C)(C)C1)NC(C)(C)C(=O)OCCC1CCCC(C)(C)C1.C[C@H](Cn1cnc2c(N)ncnc21)OCP(=O)(O)O.N. The number of esters is 3. The van der Waals surface area contributed by atoms with Gasteiger partial charge in [-0.05, 0) is 154 Å². The van der Waals surface area contributed by atoms with E-state index in [0.29, 0.717) is 89.2 Å². The number of alkyl halides is 1. The van der Waals surface area contributed by atoms with E-state index in [1.807, 2.05) is 6.92 Å². The summed E-state index contributed by atoms with van der Waals surface area (Å²) in [4.78, 5) is 79.5. The van der Waals surface area contributed by atoms with E-state index >= 15 is 0 Å². The van der Waals surface area contributed by atoms with Crippen molar-refractivity contribution in [1.82, 2.24) is 55.4 Å². The number of aromatic nitrogens is 8. The molecule has 0 bridgehead atoms. The van der Waals surface area contributed by atoms with Crippen molar-refractivity contribution in [3.8, 4) is 0 Å². The van der Waals surface area contributed by atoms with E-state index in [1.54, 1.807) is 63.9 Å². The Morgan fingerprint density at radius 2 is 1.05 bits per heavy atom. The van der Waals surface area contributed by atoms with Crippen LogP contribution in [0.15, 0.2) is 25.3 Å². The van der Waals surface area contributed by atoms with Gasteiger partial charge in [-0.25, -0.2) is 40.1 Å². The maximum Gasteiger partial charge on any atom is 0.350 e. The average molecular weight is 1280 g/mol. The number of hydrogen-bond acceptors (Lipinski definition) is 19. The summed E-state index contributed by atoms with van der Waals surface area (Å²) in [5.74, 6) is 0.747. The molecule has 28 heteroatoms. The second-order valence-electron chi connectivity index (χ2n) is 28.0. The highest BCUT2D eigenvalue weighted by molar-refractivity contribution is 7.59. The number of anilines is 2. The summed E-state index contributed by atoms with van der Waals surface area (Å²) in [7, 11) is -7.97. The van der Waals surface area contributed by atoms with Gasteiger partial charge < -0.3 is 60.2 Å². The second-order valence-corrected chi connectivity index (χ2v) is 32.7. The summed E-state index contributed by atoms with van der Waals surface area (Å²) in [6.45, 7) is 29.0. The minimum Gasteiger partial charge on any atom is -0.464 e. The molecule has 4 aromatic heterocycles. The van der Waals surface area contributed by atoms with Crippen LogP contribution in [0.4, 0.5) is 11.6 Å². The first kappa shape index (κ1) is 75.0. The molecule has 4 heterocycles. The van der Waals surface area contributed by atoms with Crippen LogP contribution in [-0.2, 0) is 60.3 Å². The van der Waals surface area contributed by atoms with E-state index in [1.165, 1.54) is 57.5 Å². The molecule has 0 radical (unpaired) electrons. The molecular weight excluding hydrogens is 1180 g/mol. The number of nitrogens with two attached hydrogens (primary N) is 2. The van der Waals surface area contributed by atoms with E-state index in [9.17, 15) is 23.5 Å². The first-order valence-electron chi connectivity index (χ1n) is 30.3. The highest BCUT2D eigenvalue weighted by Gasteiger charge is 2.44. The number of fused-ring (bicyclic) bond motifs is 2. The molecule has 0 amide bonds. The van der Waals surface area contributed by atoms with Gasteiger partial charge in [-0.3, -0.25) is 23.5 Å². The van der Waals surface area contributed by atoms with Gasteiger partial charge in [-0.15, -0.1) is 11.6 Å². The maximum atomic E-state index is 14.8. The zero-order chi connectivity index (χ0) is 64.1. The van der Waals surface area contributed by atoms with Gasteiger partial charge in [-0.2, -0.15) is 0 Å². The molecular formula is C59H104ClN13O12P2. The average Bonchev–Trinajstić information content (AvgIpc) is 2.09. The fraction of sp³-hybridized carbons (Fsp3) is 0.780. The molecule has 87 heavy (non-hydrogen) atoms. The number of carbonyl (C=O) groups is 3. The van der Waals surface area contributed by atoms with E-state index < -0.39 is 61.5 Å². The molecule has 4 atom stereocenters. The minimum atomic E-state index is -4.16. The zero-order valence-electron chi connectivity index (χ0n) is 54.2. The third kappa shape index (κ3) is 24.7. The van der Waals surface area contributed by atoms with E-state index in [2.05, 4.69) is 81.6 Å². The number of carbonyl (C=O) groups excluding carboxylic acids is 3. The Morgan fingerprint density at radius 3 is 1.44 bits per heavy atom. The smallest absolute Gasteiger partial charge is 0.350 e. The van der Waals surface area contributed by atoms with Crippen LogP contribution in [0.25, 0.3) is 22.3 Å². The lowest BCUT2D eigenvalue weighted by molar-refractivity contribution is -0.150. The van der Waals surface area contributed by atoms with Crippen molar-refractivity contribution >= 4 is 78.5 Å². The normalized spacial score (nSPS) is 20.3. The molecule has 3 aliphatic carbocycles. The van der Waals surface area contributed by atoms with Crippen molar-refractivity contribution in [3.05, 3.63) is 25.3 Å². The number of hydrogen-bond donors (Lipinski definition) is 7. The molecule has 3 saturated carbocycles. The third-order valence-electron chi connectivity index (χ3n) is 16.3. The number of nitrogen functional groups attached to an aromatic ring is 2. The summed E-state index contributed by atoms with van der Waals surface area (Å²) in [5.41, 5.74) is 12.0. The lowest BCUT2D eigenvalue weighted by atomic mass is 9.71. The quantitative estimate of drug-likeness (QED) is 0.0140. The highest BCUT2D eigenvalue weighted by atomic mass is 35.5. The highest BCUT2D eigenvalue weighted by Crippen LogP contribution is 2.44.